The van der Waals surface area contributed by atoms with E-state index in [4.69, 9.17) is 9.97 Å². The van der Waals surface area contributed by atoms with Crippen LogP contribution in [-0.4, -0.2) is 19.1 Å². The third-order valence-corrected chi connectivity index (χ3v) is 12.3. The van der Waals surface area contributed by atoms with Crippen LogP contribution in [0.2, 0.25) is 0 Å². The Bertz CT molecular complexity index is 3480. The second-order valence-electron chi connectivity index (χ2n) is 14.2. The summed E-state index contributed by atoms with van der Waals surface area (Å²) >= 11 is 1.86. The predicted octanol–water partition coefficient (Wildman–Crippen LogP) is 13.5. The van der Waals surface area contributed by atoms with Gasteiger partial charge >= 0.3 is 0 Å². The van der Waals surface area contributed by atoms with E-state index in [1.807, 2.05) is 11.3 Å². The van der Waals surface area contributed by atoms with Gasteiger partial charge in [0.05, 0.1) is 32.5 Å². The Kier molecular flexibility index (Phi) is 6.47. The number of aromatic nitrogens is 4. The zero-order chi connectivity index (χ0) is 36.0. The van der Waals surface area contributed by atoms with Gasteiger partial charge in [0.1, 0.15) is 4.83 Å². The van der Waals surface area contributed by atoms with Gasteiger partial charge in [-0.3, -0.25) is 4.57 Å². The maximum absolute atomic E-state index is 5.48. The summed E-state index contributed by atoms with van der Waals surface area (Å²) in [5, 5.41) is 9.62. The molecule has 0 bridgehead atoms. The zero-order valence-corrected chi connectivity index (χ0v) is 30.3. The normalized spacial score (nSPS) is 12.0. The van der Waals surface area contributed by atoms with Crippen molar-refractivity contribution in [1.82, 2.24) is 19.1 Å². The van der Waals surface area contributed by atoms with Crippen LogP contribution in [0.4, 0.5) is 0 Å². The summed E-state index contributed by atoms with van der Waals surface area (Å²) in [5.41, 5.74) is 9.84. The fourth-order valence-electron chi connectivity index (χ4n) is 8.71. The van der Waals surface area contributed by atoms with Crippen molar-refractivity contribution in [2.45, 2.75) is 0 Å². The minimum Gasteiger partial charge on any atom is -0.301 e. The number of fused-ring (bicyclic) bond motifs is 11. The molecule has 0 radical (unpaired) electrons. The molecule has 0 atom stereocenters. The zero-order valence-electron chi connectivity index (χ0n) is 29.5. The van der Waals surface area contributed by atoms with E-state index in [9.17, 15) is 0 Å². The van der Waals surface area contributed by atoms with Crippen molar-refractivity contribution in [3.63, 3.8) is 0 Å². The van der Waals surface area contributed by atoms with Gasteiger partial charge in [-0.05, 0) is 52.2 Å². The minimum atomic E-state index is 0.661. The van der Waals surface area contributed by atoms with E-state index in [2.05, 4.69) is 191 Å². The van der Waals surface area contributed by atoms with Gasteiger partial charge in [0.15, 0.2) is 0 Å². The van der Waals surface area contributed by atoms with Crippen LogP contribution in [0.3, 0.4) is 0 Å². The van der Waals surface area contributed by atoms with Crippen LogP contribution in [0.5, 0.6) is 0 Å². The summed E-state index contributed by atoms with van der Waals surface area (Å²) in [6.45, 7) is 0. The first kappa shape index (κ1) is 30.4. The molecular weight excluding hydrogens is 689 g/mol. The number of hydrogen-bond acceptors (Lipinski definition) is 3. The van der Waals surface area contributed by atoms with Crippen molar-refractivity contribution in [3.05, 3.63) is 182 Å². The maximum Gasteiger partial charge on any atom is 0.235 e. The average molecular weight is 719 g/mol. The van der Waals surface area contributed by atoms with Crippen LogP contribution in [0.1, 0.15) is 0 Å². The number of hydrogen-bond donors (Lipinski definition) is 0. The highest BCUT2D eigenvalue weighted by atomic mass is 32.1. The van der Waals surface area contributed by atoms with Gasteiger partial charge in [0.2, 0.25) is 5.95 Å². The highest BCUT2D eigenvalue weighted by Crippen LogP contribution is 2.47. The fraction of sp³-hybridized carbons (Fsp3) is 0. The Hall–Kier alpha value is -7.08. The Morgan fingerprint density at radius 2 is 1.13 bits per heavy atom. The molecule has 256 valence electrons. The fourth-order valence-corrected chi connectivity index (χ4v) is 10.1. The molecule has 55 heavy (non-hydrogen) atoms. The lowest BCUT2D eigenvalue weighted by molar-refractivity contribution is 1.02. The van der Waals surface area contributed by atoms with E-state index in [1.165, 1.54) is 58.3 Å². The monoisotopic (exact) mass is 718 g/mol. The number of para-hydroxylation sites is 3. The highest BCUT2D eigenvalue weighted by Gasteiger charge is 2.24. The van der Waals surface area contributed by atoms with Crippen LogP contribution in [0, 0.1) is 0 Å². The molecule has 0 N–H and O–H groups in total. The van der Waals surface area contributed by atoms with Crippen LogP contribution >= 0.6 is 11.3 Å². The molecule has 12 rings (SSSR count). The number of benzene rings is 8. The topological polar surface area (TPSA) is 35.6 Å². The van der Waals surface area contributed by atoms with Crippen molar-refractivity contribution >= 4 is 86.0 Å². The molecule has 0 aliphatic heterocycles. The van der Waals surface area contributed by atoms with E-state index < -0.39 is 0 Å². The molecule has 0 fully saturated rings. The first-order chi connectivity index (χ1) is 27.3. The van der Waals surface area contributed by atoms with E-state index in [1.54, 1.807) is 0 Å². The molecular formula is C50H30N4S. The van der Waals surface area contributed by atoms with Gasteiger partial charge in [-0.15, -0.1) is 11.3 Å². The van der Waals surface area contributed by atoms with E-state index >= 15 is 0 Å². The van der Waals surface area contributed by atoms with Gasteiger partial charge in [0, 0.05) is 43.6 Å². The lowest BCUT2D eigenvalue weighted by atomic mass is 9.97. The van der Waals surface area contributed by atoms with E-state index in [-0.39, 0.29) is 0 Å². The van der Waals surface area contributed by atoms with Gasteiger partial charge < -0.3 is 4.57 Å². The molecule has 12 aromatic rings. The van der Waals surface area contributed by atoms with Crippen molar-refractivity contribution in [3.8, 4) is 34.0 Å². The molecule has 0 unspecified atom stereocenters. The number of nitrogens with zero attached hydrogens (tertiary/aromatic N) is 4. The van der Waals surface area contributed by atoms with Crippen molar-refractivity contribution in [2.75, 3.05) is 0 Å². The molecule has 4 nitrogen and oxygen atoms in total. The number of rotatable bonds is 4. The molecule has 4 aromatic heterocycles. The lowest BCUT2D eigenvalue weighted by Gasteiger charge is -2.13. The molecule has 0 amide bonds. The van der Waals surface area contributed by atoms with E-state index in [0.717, 1.165) is 44.4 Å². The highest BCUT2D eigenvalue weighted by molar-refractivity contribution is 7.26. The second kappa shape index (κ2) is 11.7. The molecule has 5 heteroatoms. The standard InChI is InChI=1S/C50H30N4S/c1-3-15-32(16-4-1)46-39-21-9-11-24-42(39)51-50(52-46)54-44-30-33(36-23-13-17-31-14-7-8-20-35(31)36)26-27-37(44)38-28-29-41-45-40-22-10-12-25-43(40)53(34-18-5-2-6-19-34)49(45)55-48(41)47(38)54/h1-30H. The Morgan fingerprint density at radius 3 is 2.00 bits per heavy atom. The van der Waals surface area contributed by atoms with Crippen LogP contribution < -0.4 is 0 Å². The predicted molar refractivity (Wildman–Crippen MR) is 232 cm³/mol. The summed E-state index contributed by atoms with van der Waals surface area (Å²) in [6.07, 6.45) is 0. The Labute approximate surface area is 319 Å². The van der Waals surface area contributed by atoms with Crippen molar-refractivity contribution in [2.24, 2.45) is 0 Å². The minimum absolute atomic E-state index is 0.661. The smallest absolute Gasteiger partial charge is 0.235 e. The van der Waals surface area contributed by atoms with Gasteiger partial charge in [-0.2, -0.15) is 0 Å². The summed E-state index contributed by atoms with van der Waals surface area (Å²) in [4.78, 5) is 12.1. The third kappa shape index (κ3) is 4.45. The van der Waals surface area contributed by atoms with Crippen LogP contribution in [0.25, 0.3) is 109 Å². The molecule has 4 heterocycles. The largest absolute Gasteiger partial charge is 0.301 e. The molecule has 0 aliphatic carbocycles. The quantitative estimate of drug-likeness (QED) is 0.182. The second-order valence-corrected chi connectivity index (χ2v) is 15.2. The summed E-state index contributed by atoms with van der Waals surface area (Å²) in [5.74, 6) is 0.661. The maximum atomic E-state index is 5.48. The molecule has 0 aliphatic rings. The summed E-state index contributed by atoms with van der Waals surface area (Å²) < 4.78 is 5.98. The summed E-state index contributed by atoms with van der Waals surface area (Å²) in [7, 11) is 0. The Balaban J connectivity index is 1.25. The third-order valence-electron chi connectivity index (χ3n) is 11.1. The first-order valence-electron chi connectivity index (χ1n) is 18.6. The molecule has 0 spiro atoms. The molecule has 0 saturated heterocycles. The van der Waals surface area contributed by atoms with Crippen LogP contribution in [-0.2, 0) is 0 Å². The lowest BCUT2D eigenvalue weighted by Crippen LogP contribution is -2.03. The Morgan fingerprint density at radius 1 is 0.436 bits per heavy atom. The molecule has 0 saturated carbocycles. The number of thiophene rings is 1. The molecule has 8 aromatic carbocycles. The van der Waals surface area contributed by atoms with Gasteiger partial charge in [-0.25, -0.2) is 9.97 Å². The average Bonchev–Trinajstić information content (AvgIpc) is 3.90. The first-order valence-corrected chi connectivity index (χ1v) is 19.4. The van der Waals surface area contributed by atoms with E-state index in [0.29, 0.717) is 5.95 Å². The van der Waals surface area contributed by atoms with Crippen LogP contribution in [0.15, 0.2) is 182 Å². The summed E-state index contributed by atoms with van der Waals surface area (Å²) in [6, 6.07) is 65.1. The SMILES string of the molecule is c1ccc(-c2nc(-n3c4cc(-c5cccc6ccccc56)ccc4c4ccc5c(sc6c5c5ccccc5n6-c5ccccc5)c43)nc3ccccc23)cc1. The van der Waals surface area contributed by atoms with Crippen molar-refractivity contribution in [1.29, 1.82) is 0 Å². The van der Waals surface area contributed by atoms with Gasteiger partial charge in [0.25, 0.3) is 0 Å². The van der Waals surface area contributed by atoms with Crippen molar-refractivity contribution < 1.29 is 0 Å². The van der Waals surface area contributed by atoms with Gasteiger partial charge in [-0.1, -0.05) is 152 Å².